The van der Waals surface area contributed by atoms with Crippen LogP contribution < -0.4 is 5.32 Å². The lowest BCUT2D eigenvalue weighted by Crippen LogP contribution is -2.27. The highest BCUT2D eigenvalue weighted by Gasteiger charge is 2.22. The maximum Gasteiger partial charge on any atom is 0.229 e. The van der Waals surface area contributed by atoms with Gasteiger partial charge in [-0.15, -0.1) is 0 Å². The lowest BCUT2D eigenvalue weighted by Gasteiger charge is -2.17. The van der Waals surface area contributed by atoms with Gasteiger partial charge in [0, 0.05) is 28.8 Å². The molecule has 10 heteroatoms. The fourth-order valence-electron chi connectivity index (χ4n) is 4.30. The molecule has 4 aromatic heterocycles. The van der Waals surface area contributed by atoms with Crippen LogP contribution in [0.1, 0.15) is 20.8 Å². The van der Waals surface area contributed by atoms with Crippen LogP contribution in [0.3, 0.4) is 0 Å². The van der Waals surface area contributed by atoms with Gasteiger partial charge in [0.25, 0.3) is 0 Å². The number of aromatic hydroxyl groups is 1. The normalized spacial score (nSPS) is 11.8. The minimum atomic E-state index is -0.541. The first kappa shape index (κ1) is 24.2. The first-order chi connectivity index (χ1) is 18.7. The van der Waals surface area contributed by atoms with E-state index in [1.807, 2.05) is 57.2 Å². The molecule has 0 bridgehead atoms. The molecule has 39 heavy (non-hydrogen) atoms. The van der Waals surface area contributed by atoms with Crippen LogP contribution in [0.25, 0.3) is 56.0 Å². The van der Waals surface area contributed by atoms with Crippen LogP contribution in [0.2, 0.25) is 0 Å². The molecule has 194 valence electrons. The Labute approximate surface area is 222 Å². The van der Waals surface area contributed by atoms with E-state index in [2.05, 4.69) is 25.5 Å². The first-order valence-electron chi connectivity index (χ1n) is 12.3. The second kappa shape index (κ2) is 9.02. The number of pyridine rings is 2. The van der Waals surface area contributed by atoms with Gasteiger partial charge < -0.3 is 15.4 Å². The third-order valence-corrected chi connectivity index (χ3v) is 6.31. The van der Waals surface area contributed by atoms with Crippen molar-refractivity contribution in [2.75, 3.05) is 5.32 Å². The number of carbonyl (C=O) groups is 1. The number of halogens is 1. The second-order valence-electron chi connectivity index (χ2n) is 10.3. The largest absolute Gasteiger partial charge is 0.508 e. The van der Waals surface area contributed by atoms with Crippen LogP contribution in [0.15, 0.2) is 67.0 Å². The Balaban J connectivity index is 1.41. The molecule has 2 aromatic carbocycles. The molecular formula is C29H24FN7O2. The van der Waals surface area contributed by atoms with Crippen LogP contribution in [0.5, 0.6) is 5.75 Å². The third kappa shape index (κ3) is 4.56. The number of anilines is 1. The number of carbonyl (C=O) groups excluding carboxylic acids is 1. The number of rotatable bonds is 4. The number of phenolic OH excluding ortho intramolecular Hbond substituents is 1. The van der Waals surface area contributed by atoms with Crippen molar-refractivity contribution in [2.45, 2.75) is 20.8 Å². The number of hydrogen-bond acceptors (Lipinski definition) is 6. The molecule has 4 heterocycles. The van der Waals surface area contributed by atoms with E-state index in [1.54, 1.807) is 12.4 Å². The molecule has 0 saturated heterocycles. The second-order valence-corrected chi connectivity index (χ2v) is 10.3. The average molecular weight is 522 g/mol. The van der Waals surface area contributed by atoms with Gasteiger partial charge in [-0.3, -0.25) is 14.9 Å². The number of hydrogen-bond donors (Lipinski definition) is 4. The fraction of sp³-hybridized carbons (Fsp3) is 0.138. The van der Waals surface area contributed by atoms with Gasteiger partial charge in [-0.2, -0.15) is 5.10 Å². The van der Waals surface area contributed by atoms with E-state index in [0.29, 0.717) is 45.1 Å². The number of aromatic amines is 2. The van der Waals surface area contributed by atoms with Crippen molar-refractivity contribution < 1.29 is 14.3 Å². The zero-order chi connectivity index (χ0) is 27.3. The molecule has 6 rings (SSSR count). The van der Waals surface area contributed by atoms with Gasteiger partial charge in [-0.05, 0) is 42.0 Å². The molecule has 0 saturated carbocycles. The Hall–Kier alpha value is -5.12. The number of para-hydroxylation sites is 1. The SMILES string of the molecule is CC(C)(C)C(=O)Nc1cncc(-c2ccc3[nH]nc(-c4nc5c(-c6cc(O)cc(F)c6)cccc5[nH]4)c3n2)c1. The van der Waals surface area contributed by atoms with Gasteiger partial charge >= 0.3 is 0 Å². The fourth-order valence-corrected chi connectivity index (χ4v) is 4.30. The molecule has 0 radical (unpaired) electrons. The lowest BCUT2D eigenvalue weighted by atomic mass is 9.95. The summed E-state index contributed by atoms with van der Waals surface area (Å²) in [6.45, 7) is 5.54. The highest BCUT2D eigenvalue weighted by Crippen LogP contribution is 2.33. The smallest absolute Gasteiger partial charge is 0.229 e. The summed E-state index contributed by atoms with van der Waals surface area (Å²) in [6.07, 6.45) is 3.28. The number of imidazole rings is 1. The van der Waals surface area contributed by atoms with Gasteiger partial charge in [-0.25, -0.2) is 14.4 Å². The maximum absolute atomic E-state index is 14.0. The van der Waals surface area contributed by atoms with Crippen LogP contribution in [-0.2, 0) is 4.79 Å². The number of H-pyrrole nitrogens is 2. The summed E-state index contributed by atoms with van der Waals surface area (Å²) >= 11 is 0. The van der Waals surface area contributed by atoms with Crippen LogP contribution in [0.4, 0.5) is 10.1 Å². The third-order valence-electron chi connectivity index (χ3n) is 6.31. The van der Waals surface area contributed by atoms with Crippen molar-refractivity contribution in [2.24, 2.45) is 5.41 Å². The van der Waals surface area contributed by atoms with E-state index in [0.717, 1.165) is 22.7 Å². The Morgan fingerprint density at radius 2 is 1.79 bits per heavy atom. The summed E-state index contributed by atoms with van der Waals surface area (Å²) in [7, 11) is 0. The van der Waals surface area contributed by atoms with E-state index < -0.39 is 11.2 Å². The average Bonchev–Trinajstić information content (AvgIpc) is 3.51. The summed E-state index contributed by atoms with van der Waals surface area (Å²) in [5, 5.41) is 20.3. The molecule has 0 aliphatic heterocycles. The van der Waals surface area contributed by atoms with Gasteiger partial charge in [0.2, 0.25) is 5.91 Å². The van der Waals surface area contributed by atoms with Crippen molar-refractivity contribution in [3.05, 3.63) is 72.8 Å². The number of aromatic nitrogens is 6. The van der Waals surface area contributed by atoms with Crippen molar-refractivity contribution in [1.82, 2.24) is 30.1 Å². The molecule has 0 unspecified atom stereocenters. The molecule has 9 nitrogen and oxygen atoms in total. The number of benzene rings is 2. The molecule has 0 aliphatic carbocycles. The molecule has 0 atom stereocenters. The zero-order valence-corrected chi connectivity index (χ0v) is 21.4. The van der Waals surface area contributed by atoms with E-state index in [-0.39, 0.29) is 11.7 Å². The maximum atomic E-state index is 14.0. The van der Waals surface area contributed by atoms with Crippen molar-refractivity contribution in [3.8, 4) is 39.7 Å². The van der Waals surface area contributed by atoms with Crippen molar-refractivity contribution >= 4 is 33.7 Å². The van der Waals surface area contributed by atoms with Crippen LogP contribution in [0, 0.1) is 11.2 Å². The standard InChI is InChI=1S/C29H24FN7O2/c1-29(2,3)28(39)32-18-10-16(13-31-14-18)21-7-8-23-25(33-21)26(37-36-23)27-34-22-6-4-5-20(24(22)35-27)15-9-17(30)12-19(38)11-15/h4-14,38H,1-3H3,(H,32,39)(H,34,35)(H,36,37). The Bertz CT molecular complexity index is 1860. The van der Waals surface area contributed by atoms with Crippen molar-refractivity contribution in [3.63, 3.8) is 0 Å². The summed E-state index contributed by atoms with van der Waals surface area (Å²) in [6, 6.07) is 15.0. The molecule has 4 N–H and O–H groups in total. The number of amides is 1. The molecule has 1 amide bonds. The molecule has 0 spiro atoms. The van der Waals surface area contributed by atoms with Crippen LogP contribution >= 0.6 is 0 Å². The summed E-state index contributed by atoms with van der Waals surface area (Å²) in [4.78, 5) is 29.6. The number of nitrogens with zero attached hydrogens (tertiary/aromatic N) is 4. The molecular weight excluding hydrogens is 497 g/mol. The van der Waals surface area contributed by atoms with Crippen molar-refractivity contribution in [1.29, 1.82) is 0 Å². The molecule has 6 aromatic rings. The van der Waals surface area contributed by atoms with E-state index in [4.69, 9.17) is 9.97 Å². The van der Waals surface area contributed by atoms with E-state index >= 15 is 0 Å². The predicted molar refractivity (Wildman–Crippen MR) is 147 cm³/mol. The summed E-state index contributed by atoms with van der Waals surface area (Å²) < 4.78 is 14.0. The Kier molecular flexibility index (Phi) is 5.60. The van der Waals surface area contributed by atoms with Gasteiger partial charge in [0.1, 0.15) is 17.1 Å². The number of fused-ring (bicyclic) bond motifs is 2. The minimum absolute atomic E-state index is 0.111. The monoisotopic (exact) mass is 521 g/mol. The molecule has 0 fully saturated rings. The summed E-state index contributed by atoms with van der Waals surface area (Å²) in [5.41, 5.74) is 5.76. The van der Waals surface area contributed by atoms with Gasteiger partial charge in [0.05, 0.1) is 34.1 Å². The number of nitrogens with one attached hydrogen (secondary N) is 3. The number of phenols is 1. The van der Waals surface area contributed by atoms with E-state index in [1.165, 1.54) is 12.1 Å². The van der Waals surface area contributed by atoms with E-state index in [9.17, 15) is 14.3 Å². The summed E-state index contributed by atoms with van der Waals surface area (Å²) in [5.74, 6) is -0.327. The van der Waals surface area contributed by atoms with Gasteiger partial charge in [-0.1, -0.05) is 32.9 Å². The topological polar surface area (TPSA) is 132 Å². The Morgan fingerprint density at radius 1 is 0.949 bits per heavy atom. The highest BCUT2D eigenvalue weighted by molar-refractivity contribution is 5.97. The predicted octanol–water partition coefficient (Wildman–Crippen LogP) is 6.06. The minimum Gasteiger partial charge on any atom is -0.508 e. The van der Waals surface area contributed by atoms with Crippen LogP contribution in [-0.4, -0.2) is 41.1 Å². The Morgan fingerprint density at radius 3 is 2.59 bits per heavy atom. The quantitative estimate of drug-likeness (QED) is 0.223. The first-order valence-corrected chi connectivity index (χ1v) is 12.3. The zero-order valence-electron chi connectivity index (χ0n) is 21.4. The lowest BCUT2D eigenvalue weighted by molar-refractivity contribution is -0.123. The highest BCUT2D eigenvalue weighted by atomic mass is 19.1. The molecule has 0 aliphatic rings. The van der Waals surface area contributed by atoms with Gasteiger partial charge in [0.15, 0.2) is 11.5 Å².